The quantitative estimate of drug-likeness (QED) is 0.822. The zero-order chi connectivity index (χ0) is 14.1. The van der Waals surface area contributed by atoms with E-state index in [1.54, 1.807) is 0 Å². The van der Waals surface area contributed by atoms with Crippen LogP contribution in [0.1, 0.15) is 6.42 Å². The third-order valence-corrected chi connectivity index (χ3v) is 5.57. The lowest BCUT2D eigenvalue weighted by Crippen LogP contribution is -2.34. The van der Waals surface area contributed by atoms with Crippen LogP contribution in [0.5, 0.6) is 0 Å². The van der Waals surface area contributed by atoms with E-state index in [4.69, 9.17) is 15.4 Å². The highest BCUT2D eigenvalue weighted by Gasteiger charge is 2.23. The summed E-state index contributed by atoms with van der Waals surface area (Å²) in [5, 5.41) is 0. The fourth-order valence-corrected chi connectivity index (χ4v) is 3.72. The van der Waals surface area contributed by atoms with Crippen LogP contribution in [0, 0.1) is 0 Å². The fraction of sp³-hybridized carbons (Fsp3) is 0.400. The zero-order valence-corrected chi connectivity index (χ0v) is 12.1. The van der Waals surface area contributed by atoms with E-state index in [0.717, 1.165) is 12.1 Å². The summed E-state index contributed by atoms with van der Waals surface area (Å²) in [7, 11) is -2.37. The summed E-state index contributed by atoms with van der Waals surface area (Å²) in [5.74, 6) is 0. The Balaban J connectivity index is 2.21. The SMILES string of the molecule is O=S(=O)(Cl)c1ccc(S(=O)(=O)NC2CCOC2)cc1. The lowest BCUT2D eigenvalue weighted by atomic mass is 10.3. The molecular formula is C10H12ClNO5S2. The molecule has 19 heavy (non-hydrogen) atoms. The predicted octanol–water partition coefficient (Wildman–Crippen LogP) is 0.681. The molecule has 9 heteroatoms. The Kier molecular flexibility index (Phi) is 4.17. The number of sulfonamides is 1. The van der Waals surface area contributed by atoms with Crippen LogP contribution in [0.3, 0.4) is 0 Å². The fourth-order valence-electron chi connectivity index (χ4n) is 1.70. The molecule has 1 aliphatic rings. The molecule has 0 aromatic heterocycles. The maximum absolute atomic E-state index is 12.0. The second kappa shape index (κ2) is 5.37. The number of hydrogen-bond donors (Lipinski definition) is 1. The van der Waals surface area contributed by atoms with Crippen LogP contribution in [-0.2, 0) is 23.8 Å². The Hall–Kier alpha value is -0.670. The van der Waals surface area contributed by atoms with Gasteiger partial charge in [-0.15, -0.1) is 0 Å². The standard InChI is InChI=1S/C10H12ClNO5S2/c11-18(13,14)9-1-3-10(4-2-9)19(15,16)12-8-5-6-17-7-8/h1-4,8,12H,5-7H2. The zero-order valence-electron chi connectivity index (χ0n) is 9.74. The van der Waals surface area contributed by atoms with Gasteiger partial charge in [0, 0.05) is 23.3 Å². The molecule has 2 rings (SSSR count). The molecule has 1 fully saturated rings. The van der Waals surface area contributed by atoms with Gasteiger partial charge in [-0.1, -0.05) is 0 Å². The smallest absolute Gasteiger partial charge is 0.261 e. The lowest BCUT2D eigenvalue weighted by Gasteiger charge is -2.11. The molecule has 1 N–H and O–H groups in total. The van der Waals surface area contributed by atoms with E-state index in [1.165, 1.54) is 12.1 Å². The summed E-state index contributed by atoms with van der Waals surface area (Å²) >= 11 is 0. The molecule has 0 spiro atoms. The van der Waals surface area contributed by atoms with Crippen LogP contribution < -0.4 is 4.72 Å². The van der Waals surface area contributed by atoms with Crippen molar-refractivity contribution in [3.8, 4) is 0 Å². The maximum Gasteiger partial charge on any atom is 0.261 e. The average Bonchev–Trinajstić information content (AvgIpc) is 2.80. The highest BCUT2D eigenvalue weighted by atomic mass is 35.7. The molecule has 1 aromatic carbocycles. The molecule has 1 saturated heterocycles. The number of benzene rings is 1. The Morgan fingerprint density at radius 1 is 1.11 bits per heavy atom. The van der Waals surface area contributed by atoms with E-state index in [2.05, 4.69) is 4.72 Å². The van der Waals surface area contributed by atoms with Gasteiger partial charge in [-0.05, 0) is 30.7 Å². The molecule has 1 unspecified atom stereocenters. The molecule has 1 aliphatic heterocycles. The number of rotatable bonds is 4. The first kappa shape index (κ1) is 14.7. The summed E-state index contributed by atoms with van der Waals surface area (Å²) in [6, 6.07) is 4.46. The normalized spacial score (nSPS) is 20.6. The molecule has 0 aliphatic carbocycles. The van der Waals surface area contributed by atoms with Crippen molar-refractivity contribution in [2.75, 3.05) is 13.2 Å². The molecule has 1 atom stereocenters. The minimum absolute atomic E-state index is 0.0107. The number of halogens is 1. The summed E-state index contributed by atoms with van der Waals surface area (Å²) in [6.45, 7) is 0.865. The average molecular weight is 326 g/mol. The van der Waals surface area contributed by atoms with Gasteiger partial charge in [0.25, 0.3) is 9.05 Å². The van der Waals surface area contributed by atoms with Crippen LogP contribution in [-0.4, -0.2) is 36.1 Å². The van der Waals surface area contributed by atoms with Crippen LogP contribution in [0.2, 0.25) is 0 Å². The van der Waals surface area contributed by atoms with Crippen molar-refractivity contribution < 1.29 is 21.6 Å². The molecule has 0 radical (unpaired) electrons. The molecule has 106 valence electrons. The minimum atomic E-state index is -3.85. The summed E-state index contributed by atoms with van der Waals surface area (Å²) in [4.78, 5) is -0.152. The van der Waals surface area contributed by atoms with Gasteiger partial charge < -0.3 is 4.74 Å². The Morgan fingerprint density at radius 3 is 2.16 bits per heavy atom. The van der Waals surface area contributed by atoms with Gasteiger partial charge in [-0.2, -0.15) is 0 Å². The Morgan fingerprint density at radius 2 is 1.68 bits per heavy atom. The van der Waals surface area contributed by atoms with Gasteiger partial charge >= 0.3 is 0 Å². The second-order valence-corrected chi connectivity index (χ2v) is 8.37. The van der Waals surface area contributed by atoms with Gasteiger partial charge in [0.05, 0.1) is 16.4 Å². The second-order valence-electron chi connectivity index (χ2n) is 4.09. The molecule has 0 bridgehead atoms. The third kappa shape index (κ3) is 3.67. The summed E-state index contributed by atoms with van der Waals surface area (Å²) in [5.41, 5.74) is 0. The maximum atomic E-state index is 12.0. The molecule has 1 aromatic rings. The largest absolute Gasteiger partial charge is 0.380 e. The van der Waals surface area contributed by atoms with Crippen molar-refractivity contribution in [1.29, 1.82) is 0 Å². The Labute approximate surface area is 116 Å². The van der Waals surface area contributed by atoms with Crippen molar-refractivity contribution in [1.82, 2.24) is 4.72 Å². The minimum Gasteiger partial charge on any atom is -0.380 e. The van der Waals surface area contributed by atoms with Crippen LogP contribution in [0.4, 0.5) is 0 Å². The third-order valence-electron chi connectivity index (χ3n) is 2.67. The Bertz CT molecular complexity index is 648. The van der Waals surface area contributed by atoms with Gasteiger partial charge in [-0.25, -0.2) is 21.6 Å². The highest BCUT2D eigenvalue weighted by Crippen LogP contribution is 2.18. The van der Waals surface area contributed by atoms with E-state index in [-0.39, 0.29) is 15.8 Å². The topological polar surface area (TPSA) is 89.5 Å². The highest BCUT2D eigenvalue weighted by molar-refractivity contribution is 8.13. The summed E-state index contributed by atoms with van der Waals surface area (Å²) in [6.07, 6.45) is 0.618. The molecule has 0 amide bonds. The molecule has 1 heterocycles. The van der Waals surface area contributed by atoms with E-state index in [0.29, 0.717) is 19.6 Å². The van der Waals surface area contributed by atoms with Gasteiger partial charge in [-0.3, -0.25) is 0 Å². The van der Waals surface area contributed by atoms with Gasteiger partial charge in [0.15, 0.2) is 0 Å². The number of ether oxygens (including phenoxy) is 1. The van der Waals surface area contributed by atoms with E-state index < -0.39 is 19.1 Å². The first-order valence-electron chi connectivity index (χ1n) is 5.44. The van der Waals surface area contributed by atoms with Crippen molar-refractivity contribution >= 4 is 29.8 Å². The van der Waals surface area contributed by atoms with Crippen LogP contribution >= 0.6 is 10.7 Å². The first-order chi connectivity index (χ1) is 8.79. The van der Waals surface area contributed by atoms with Crippen LogP contribution in [0.15, 0.2) is 34.1 Å². The monoisotopic (exact) mass is 325 g/mol. The van der Waals surface area contributed by atoms with E-state index >= 15 is 0 Å². The number of hydrogen-bond acceptors (Lipinski definition) is 5. The van der Waals surface area contributed by atoms with Crippen molar-refractivity contribution in [2.24, 2.45) is 0 Å². The van der Waals surface area contributed by atoms with Crippen molar-refractivity contribution in [3.63, 3.8) is 0 Å². The van der Waals surface area contributed by atoms with Crippen molar-refractivity contribution in [2.45, 2.75) is 22.3 Å². The molecular weight excluding hydrogens is 314 g/mol. The van der Waals surface area contributed by atoms with Gasteiger partial charge in [0.2, 0.25) is 10.0 Å². The molecule has 0 saturated carbocycles. The summed E-state index contributed by atoms with van der Waals surface area (Å²) < 4.78 is 53.7. The van der Waals surface area contributed by atoms with Crippen molar-refractivity contribution in [3.05, 3.63) is 24.3 Å². The van der Waals surface area contributed by atoms with E-state index in [9.17, 15) is 16.8 Å². The van der Waals surface area contributed by atoms with Crippen LogP contribution in [0.25, 0.3) is 0 Å². The number of nitrogens with one attached hydrogen (secondary N) is 1. The first-order valence-corrected chi connectivity index (χ1v) is 9.23. The lowest BCUT2D eigenvalue weighted by molar-refractivity contribution is 0.192. The predicted molar refractivity (Wildman–Crippen MR) is 69.0 cm³/mol. The molecule has 6 nitrogen and oxygen atoms in total. The van der Waals surface area contributed by atoms with E-state index in [1.807, 2.05) is 0 Å². The van der Waals surface area contributed by atoms with Gasteiger partial charge in [0.1, 0.15) is 0 Å².